The molecule has 0 aromatic heterocycles. The van der Waals surface area contributed by atoms with E-state index in [0.717, 1.165) is 11.3 Å². The minimum Gasteiger partial charge on any atom is -0.486 e. The maximum atomic E-state index is 9.96. The lowest BCUT2D eigenvalue weighted by molar-refractivity contribution is -0.0117. The van der Waals surface area contributed by atoms with Gasteiger partial charge in [-0.15, -0.1) is 12.4 Å². The first-order valence-corrected chi connectivity index (χ1v) is 4.74. The van der Waals surface area contributed by atoms with Crippen molar-refractivity contribution in [1.82, 2.24) is 0 Å². The van der Waals surface area contributed by atoms with Crippen molar-refractivity contribution in [3.63, 3.8) is 0 Å². The second-order valence-corrected chi connectivity index (χ2v) is 4.21. The molecule has 15 heavy (non-hydrogen) atoms. The highest BCUT2D eigenvalue weighted by Gasteiger charge is 2.40. The maximum absolute atomic E-state index is 9.96. The molecule has 1 aromatic rings. The van der Waals surface area contributed by atoms with Crippen LogP contribution >= 0.6 is 12.4 Å². The van der Waals surface area contributed by atoms with Crippen LogP contribution in [0.25, 0.3) is 0 Å². The largest absolute Gasteiger partial charge is 0.486 e. The lowest BCUT2D eigenvalue weighted by Gasteiger charge is -2.40. The molecule has 0 fully saturated rings. The Labute approximate surface area is 95.7 Å². The molecule has 3 N–H and O–H groups in total. The molecule has 2 rings (SSSR count). The highest BCUT2D eigenvalue weighted by molar-refractivity contribution is 5.85. The molecule has 2 unspecified atom stereocenters. The fourth-order valence-corrected chi connectivity index (χ4v) is 1.74. The third kappa shape index (κ3) is 1.95. The SMILES string of the molecule is CC1(C)Oc2ccccc2C(O)C1N.Cl. The number of aliphatic hydroxyl groups is 1. The summed E-state index contributed by atoms with van der Waals surface area (Å²) in [6.07, 6.45) is -0.644. The first kappa shape index (κ1) is 12.3. The Hall–Kier alpha value is -0.770. The summed E-state index contributed by atoms with van der Waals surface area (Å²) >= 11 is 0. The third-order valence-corrected chi connectivity index (χ3v) is 2.75. The molecule has 0 spiro atoms. The number of rotatable bonds is 0. The van der Waals surface area contributed by atoms with Crippen molar-refractivity contribution >= 4 is 12.4 Å². The molecule has 1 aliphatic rings. The van der Waals surface area contributed by atoms with Crippen LogP contribution in [0.1, 0.15) is 25.5 Å². The van der Waals surface area contributed by atoms with Gasteiger partial charge in [-0.3, -0.25) is 0 Å². The van der Waals surface area contributed by atoms with E-state index in [1.165, 1.54) is 0 Å². The Bertz CT molecular complexity index is 354. The summed E-state index contributed by atoms with van der Waals surface area (Å²) in [4.78, 5) is 0. The van der Waals surface area contributed by atoms with Crippen LogP contribution in [0.3, 0.4) is 0 Å². The second kappa shape index (κ2) is 4.00. The van der Waals surface area contributed by atoms with Crippen LogP contribution in [0, 0.1) is 0 Å². The second-order valence-electron chi connectivity index (χ2n) is 4.21. The summed E-state index contributed by atoms with van der Waals surface area (Å²) < 4.78 is 5.72. The van der Waals surface area contributed by atoms with E-state index < -0.39 is 17.7 Å². The van der Waals surface area contributed by atoms with Crippen molar-refractivity contribution in [1.29, 1.82) is 0 Å². The van der Waals surface area contributed by atoms with Gasteiger partial charge in [0.15, 0.2) is 0 Å². The average Bonchev–Trinajstić information content (AvgIpc) is 2.14. The first-order chi connectivity index (χ1) is 6.52. The maximum Gasteiger partial charge on any atom is 0.126 e. The summed E-state index contributed by atoms with van der Waals surface area (Å²) in [5.41, 5.74) is 6.15. The van der Waals surface area contributed by atoms with E-state index in [2.05, 4.69) is 0 Å². The number of fused-ring (bicyclic) bond motifs is 1. The molecule has 0 radical (unpaired) electrons. The van der Waals surface area contributed by atoms with Crippen LogP contribution in [0.5, 0.6) is 5.75 Å². The molecule has 0 aliphatic carbocycles. The van der Waals surface area contributed by atoms with Gasteiger partial charge in [0.25, 0.3) is 0 Å². The predicted molar refractivity (Wildman–Crippen MR) is 61.3 cm³/mol. The standard InChI is InChI=1S/C11H15NO2.ClH/c1-11(2)10(12)9(13)7-5-3-4-6-8(7)14-11;/h3-6,9-10,13H,12H2,1-2H3;1H. The minimum atomic E-state index is -0.644. The quantitative estimate of drug-likeness (QED) is 0.711. The normalized spacial score (nSPS) is 27.2. The van der Waals surface area contributed by atoms with Crippen LogP contribution in [-0.4, -0.2) is 16.7 Å². The van der Waals surface area contributed by atoms with Gasteiger partial charge in [-0.2, -0.15) is 0 Å². The Kier molecular flexibility index (Phi) is 3.28. The fourth-order valence-electron chi connectivity index (χ4n) is 1.74. The average molecular weight is 230 g/mol. The van der Waals surface area contributed by atoms with E-state index in [-0.39, 0.29) is 12.4 Å². The number of para-hydroxylation sites is 1. The number of nitrogens with two attached hydrogens (primary N) is 1. The fraction of sp³-hybridized carbons (Fsp3) is 0.455. The molecule has 0 saturated carbocycles. The van der Waals surface area contributed by atoms with Crippen LogP contribution in [-0.2, 0) is 0 Å². The molecule has 1 aromatic carbocycles. The van der Waals surface area contributed by atoms with Crippen molar-refractivity contribution in [2.75, 3.05) is 0 Å². The topological polar surface area (TPSA) is 55.5 Å². The predicted octanol–water partition coefficient (Wildman–Crippen LogP) is 1.64. The van der Waals surface area contributed by atoms with Crippen molar-refractivity contribution in [3.05, 3.63) is 29.8 Å². The van der Waals surface area contributed by atoms with Crippen LogP contribution < -0.4 is 10.5 Å². The summed E-state index contributed by atoms with van der Waals surface area (Å²) in [7, 11) is 0. The zero-order valence-corrected chi connectivity index (χ0v) is 9.62. The van der Waals surface area contributed by atoms with Crippen LogP contribution in [0.4, 0.5) is 0 Å². The minimum absolute atomic E-state index is 0. The van der Waals surface area contributed by atoms with E-state index in [4.69, 9.17) is 10.5 Å². The van der Waals surface area contributed by atoms with Crippen molar-refractivity contribution in [2.24, 2.45) is 5.73 Å². The highest BCUT2D eigenvalue weighted by Crippen LogP contribution is 2.38. The van der Waals surface area contributed by atoms with Gasteiger partial charge in [-0.1, -0.05) is 18.2 Å². The molecular weight excluding hydrogens is 214 g/mol. The zero-order chi connectivity index (χ0) is 10.3. The van der Waals surface area contributed by atoms with Crippen LogP contribution in [0.2, 0.25) is 0 Å². The van der Waals surface area contributed by atoms with E-state index >= 15 is 0 Å². The molecule has 0 bridgehead atoms. The molecule has 0 saturated heterocycles. The van der Waals surface area contributed by atoms with Gasteiger partial charge in [0.2, 0.25) is 0 Å². The summed E-state index contributed by atoms with van der Waals surface area (Å²) in [6, 6.07) is 7.06. The Balaban J connectivity index is 0.00000112. The van der Waals surface area contributed by atoms with Gasteiger partial charge in [0.05, 0.1) is 6.04 Å². The van der Waals surface area contributed by atoms with Gasteiger partial charge in [0.1, 0.15) is 17.5 Å². The van der Waals surface area contributed by atoms with E-state index in [0.29, 0.717) is 0 Å². The number of benzene rings is 1. The van der Waals surface area contributed by atoms with Crippen LogP contribution in [0.15, 0.2) is 24.3 Å². The Morgan fingerprint density at radius 3 is 2.60 bits per heavy atom. The lowest BCUT2D eigenvalue weighted by Crippen LogP contribution is -2.53. The van der Waals surface area contributed by atoms with Crippen molar-refractivity contribution in [2.45, 2.75) is 31.6 Å². The lowest BCUT2D eigenvalue weighted by atomic mass is 9.87. The third-order valence-electron chi connectivity index (χ3n) is 2.75. The molecule has 84 valence electrons. The van der Waals surface area contributed by atoms with Gasteiger partial charge >= 0.3 is 0 Å². The molecule has 1 aliphatic heterocycles. The number of halogens is 1. The van der Waals surface area contributed by atoms with Crippen molar-refractivity contribution < 1.29 is 9.84 Å². The number of hydrogen-bond acceptors (Lipinski definition) is 3. The number of ether oxygens (including phenoxy) is 1. The van der Waals surface area contributed by atoms with E-state index in [1.807, 2.05) is 38.1 Å². The summed E-state index contributed by atoms with van der Waals surface area (Å²) in [5.74, 6) is 0.728. The van der Waals surface area contributed by atoms with E-state index in [9.17, 15) is 5.11 Å². The Morgan fingerprint density at radius 2 is 1.93 bits per heavy atom. The summed E-state index contributed by atoms with van der Waals surface area (Å²) in [6.45, 7) is 3.77. The molecule has 4 heteroatoms. The first-order valence-electron chi connectivity index (χ1n) is 4.74. The monoisotopic (exact) mass is 229 g/mol. The van der Waals surface area contributed by atoms with Gasteiger partial charge < -0.3 is 15.6 Å². The van der Waals surface area contributed by atoms with Gasteiger partial charge in [-0.25, -0.2) is 0 Å². The van der Waals surface area contributed by atoms with Crippen molar-refractivity contribution in [3.8, 4) is 5.75 Å². The highest BCUT2D eigenvalue weighted by atomic mass is 35.5. The Morgan fingerprint density at radius 1 is 1.33 bits per heavy atom. The smallest absolute Gasteiger partial charge is 0.126 e. The molecule has 3 nitrogen and oxygen atoms in total. The molecular formula is C11H16ClNO2. The zero-order valence-electron chi connectivity index (χ0n) is 8.81. The number of hydrogen-bond donors (Lipinski definition) is 2. The van der Waals surface area contributed by atoms with Gasteiger partial charge in [0, 0.05) is 5.56 Å². The molecule has 2 atom stereocenters. The van der Waals surface area contributed by atoms with Gasteiger partial charge in [-0.05, 0) is 19.9 Å². The summed E-state index contributed by atoms with van der Waals surface area (Å²) in [5, 5.41) is 9.96. The molecule has 1 heterocycles. The van der Waals surface area contributed by atoms with E-state index in [1.54, 1.807) is 0 Å². The molecule has 0 amide bonds. The number of aliphatic hydroxyl groups excluding tert-OH is 1.